The summed E-state index contributed by atoms with van der Waals surface area (Å²) in [5, 5.41) is 4.99. The van der Waals surface area contributed by atoms with Crippen LogP contribution < -0.4 is 0 Å². The first-order valence-electron chi connectivity index (χ1n) is 11.9. The Morgan fingerprint density at radius 1 is 1.12 bits per heavy atom. The average molecular weight is 449 g/mol. The van der Waals surface area contributed by atoms with E-state index in [-0.39, 0.29) is 18.0 Å². The summed E-state index contributed by atoms with van der Waals surface area (Å²) in [6.07, 6.45) is 4.89. The van der Waals surface area contributed by atoms with E-state index in [1.807, 2.05) is 25.5 Å². The highest BCUT2D eigenvalue weighted by Crippen LogP contribution is 2.41. The number of benzene rings is 1. The number of amides is 2. The molecule has 5 rings (SSSR count). The maximum absolute atomic E-state index is 13.1. The second-order valence-corrected chi connectivity index (χ2v) is 10.3. The summed E-state index contributed by atoms with van der Waals surface area (Å²) in [4.78, 5) is 29.1. The Morgan fingerprint density at radius 3 is 2.48 bits per heavy atom. The lowest BCUT2D eigenvalue weighted by atomic mass is 9.96. The van der Waals surface area contributed by atoms with Crippen LogP contribution in [-0.4, -0.2) is 56.8 Å². The Labute approximate surface area is 195 Å². The van der Waals surface area contributed by atoms with Crippen molar-refractivity contribution in [1.29, 1.82) is 0 Å². The molecule has 3 heterocycles. The molecule has 0 bridgehead atoms. The highest BCUT2D eigenvalue weighted by atomic mass is 16.6. The smallest absolute Gasteiger partial charge is 0.410 e. The molecule has 1 fully saturated rings. The lowest BCUT2D eigenvalue weighted by Crippen LogP contribution is -2.47. The van der Waals surface area contributed by atoms with E-state index in [2.05, 4.69) is 30.8 Å². The summed E-state index contributed by atoms with van der Waals surface area (Å²) in [6, 6.07) is 8.44. The van der Waals surface area contributed by atoms with Crippen LogP contribution in [-0.2, 0) is 22.4 Å². The molecule has 2 aromatic rings. The molecule has 3 aliphatic rings. The van der Waals surface area contributed by atoms with E-state index in [0.29, 0.717) is 38.4 Å². The van der Waals surface area contributed by atoms with Crippen LogP contribution in [0, 0.1) is 0 Å². The molecule has 1 aliphatic carbocycles. The molecule has 0 saturated heterocycles. The predicted octanol–water partition coefficient (Wildman–Crippen LogP) is 4.15. The van der Waals surface area contributed by atoms with Crippen molar-refractivity contribution in [3.05, 3.63) is 59.4 Å². The first-order valence-corrected chi connectivity index (χ1v) is 11.9. The minimum atomic E-state index is -0.588. The molecule has 1 aromatic carbocycles. The third-order valence-corrected chi connectivity index (χ3v) is 6.71. The quantitative estimate of drug-likeness (QED) is 0.662. The van der Waals surface area contributed by atoms with Gasteiger partial charge in [0.2, 0.25) is 5.91 Å². The van der Waals surface area contributed by atoms with Crippen molar-refractivity contribution < 1.29 is 14.3 Å². The van der Waals surface area contributed by atoms with Gasteiger partial charge in [-0.1, -0.05) is 18.7 Å². The van der Waals surface area contributed by atoms with Crippen molar-refractivity contribution in [1.82, 2.24) is 19.6 Å². The number of hydrogen-bond donors (Lipinski definition) is 0. The van der Waals surface area contributed by atoms with Crippen LogP contribution >= 0.6 is 0 Å². The van der Waals surface area contributed by atoms with Crippen LogP contribution in [0.5, 0.6) is 0 Å². The van der Waals surface area contributed by atoms with Crippen LogP contribution in [0.25, 0.3) is 5.69 Å². The molecule has 174 valence electrons. The third kappa shape index (κ3) is 4.16. The molecule has 0 N–H and O–H groups in total. The Morgan fingerprint density at radius 2 is 1.85 bits per heavy atom. The van der Waals surface area contributed by atoms with Gasteiger partial charge in [0.25, 0.3) is 0 Å². The Hall–Kier alpha value is -3.09. The molecule has 0 radical (unpaired) electrons. The second kappa shape index (κ2) is 8.04. The number of rotatable bonds is 3. The lowest BCUT2D eigenvalue weighted by Gasteiger charge is -2.38. The number of aromatic nitrogens is 2. The normalized spacial score (nSPS) is 20.2. The van der Waals surface area contributed by atoms with Gasteiger partial charge < -0.3 is 9.64 Å². The molecule has 1 atom stereocenters. The van der Waals surface area contributed by atoms with Crippen LogP contribution in [0.1, 0.15) is 68.1 Å². The van der Waals surface area contributed by atoms with Crippen molar-refractivity contribution in [3.63, 3.8) is 0 Å². The van der Waals surface area contributed by atoms with Crippen molar-refractivity contribution in [2.24, 2.45) is 0 Å². The maximum Gasteiger partial charge on any atom is 0.410 e. The molecular formula is C26H32N4O3. The number of ether oxygens (including phenoxy) is 1. The van der Waals surface area contributed by atoms with E-state index in [9.17, 15) is 9.59 Å². The van der Waals surface area contributed by atoms with Crippen molar-refractivity contribution in [2.75, 3.05) is 19.6 Å². The fraction of sp³-hybridized carbons (Fsp3) is 0.500. The van der Waals surface area contributed by atoms with Gasteiger partial charge >= 0.3 is 6.09 Å². The van der Waals surface area contributed by atoms with Gasteiger partial charge in [0.05, 0.1) is 23.1 Å². The second-order valence-electron chi connectivity index (χ2n) is 10.3. The molecule has 1 saturated carbocycles. The van der Waals surface area contributed by atoms with Crippen LogP contribution in [0.2, 0.25) is 0 Å². The average Bonchev–Trinajstić information content (AvgIpc) is 3.58. The van der Waals surface area contributed by atoms with Gasteiger partial charge in [0.15, 0.2) is 0 Å². The van der Waals surface area contributed by atoms with Crippen molar-refractivity contribution >= 4 is 12.0 Å². The first kappa shape index (κ1) is 21.7. The third-order valence-electron chi connectivity index (χ3n) is 6.71. The summed E-state index contributed by atoms with van der Waals surface area (Å²) >= 11 is 0. The Balaban J connectivity index is 1.53. The van der Waals surface area contributed by atoms with Crippen molar-refractivity contribution in [2.45, 2.75) is 64.0 Å². The summed E-state index contributed by atoms with van der Waals surface area (Å²) in [7, 11) is 0. The van der Waals surface area contributed by atoms with Crippen LogP contribution in [0.3, 0.4) is 0 Å². The van der Waals surface area contributed by atoms with Crippen LogP contribution in [0.4, 0.5) is 4.79 Å². The van der Waals surface area contributed by atoms with E-state index in [1.54, 1.807) is 9.80 Å². The highest BCUT2D eigenvalue weighted by molar-refractivity contribution is 5.87. The van der Waals surface area contributed by atoms with Gasteiger partial charge in [0.1, 0.15) is 5.60 Å². The van der Waals surface area contributed by atoms with Gasteiger partial charge in [0, 0.05) is 38.0 Å². The minimum absolute atomic E-state index is 0.125. The van der Waals surface area contributed by atoms with Crippen LogP contribution in [0.15, 0.2) is 36.9 Å². The Bertz CT molecular complexity index is 1090. The number of hydrogen-bond acceptors (Lipinski definition) is 4. The monoisotopic (exact) mass is 448 g/mol. The molecule has 33 heavy (non-hydrogen) atoms. The molecule has 7 heteroatoms. The SMILES string of the molecule is C=CC(=O)N1CCc2nn(-c3ccc(C4CC4)cc3)c3c2[C@@H](C1)N(C(=O)OC(C)(C)C)CC3. The summed E-state index contributed by atoms with van der Waals surface area (Å²) in [5.74, 6) is 0.590. The Kier molecular flexibility index (Phi) is 5.30. The standard InChI is InChI=1S/C26H32N4O3/c1-5-23(31)28-14-12-20-24-21(13-15-29(22(24)16-28)25(32)33-26(2,3)4)30(27-20)19-10-8-18(9-11-19)17-6-7-17/h5,8-11,17,22H,1,6-7,12-16H2,2-4H3/t22-/m1/s1. The molecule has 0 spiro atoms. The largest absolute Gasteiger partial charge is 0.444 e. The molecule has 1 aromatic heterocycles. The topological polar surface area (TPSA) is 67.7 Å². The van der Waals surface area contributed by atoms with Gasteiger partial charge in [-0.3, -0.25) is 9.69 Å². The van der Waals surface area contributed by atoms with E-state index >= 15 is 0 Å². The van der Waals surface area contributed by atoms with Gasteiger partial charge in [-0.25, -0.2) is 9.48 Å². The molecule has 0 unspecified atom stereocenters. The van der Waals surface area contributed by atoms with Crippen molar-refractivity contribution in [3.8, 4) is 5.69 Å². The number of nitrogens with zero attached hydrogens (tertiary/aromatic N) is 4. The zero-order chi connectivity index (χ0) is 23.3. The predicted molar refractivity (Wildman–Crippen MR) is 125 cm³/mol. The zero-order valence-electron chi connectivity index (χ0n) is 19.7. The van der Waals surface area contributed by atoms with E-state index in [0.717, 1.165) is 22.6 Å². The fourth-order valence-corrected chi connectivity index (χ4v) is 4.98. The highest BCUT2D eigenvalue weighted by Gasteiger charge is 2.41. The maximum atomic E-state index is 13.1. The number of carbonyl (C=O) groups is 2. The minimum Gasteiger partial charge on any atom is -0.444 e. The molecule has 2 aliphatic heterocycles. The van der Waals surface area contributed by atoms with Gasteiger partial charge in [-0.15, -0.1) is 0 Å². The van der Waals surface area contributed by atoms with Gasteiger partial charge in [-0.2, -0.15) is 5.10 Å². The van der Waals surface area contributed by atoms with E-state index in [4.69, 9.17) is 9.84 Å². The summed E-state index contributed by atoms with van der Waals surface area (Å²) in [5.41, 5.74) is 5.00. The first-order chi connectivity index (χ1) is 15.7. The van der Waals surface area contributed by atoms with E-state index in [1.165, 1.54) is 24.5 Å². The summed E-state index contributed by atoms with van der Waals surface area (Å²) in [6.45, 7) is 10.7. The number of carbonyl (C=O) groups excluding carboxylic acids is 2. The molecule has 2 amide bonds. The fourth-order valence-electron chi connectivity index (χ4n) is 4.98. The molecular weight excluding hydrogens is 416 g/mol. The molecule has 7 nitrogen and oxygen atoms in total. The zero-order valence-corrected chi connectivity index (χ0v) is 19.7. The summed E-state index contributed by atoms with van der Waals surface area (Å²) < 4.78 is 7.77. The van der Waals surface area contributed by atoms with E-state index < -0.39 is 5.60 Å². The lowest BCUT2D eigenvalue weighted by molar-refractivity contribution is -0.126. The van der Waals surface area contributed by atoms with Gasteiger partial charge in [-0.05, 0) is 63.3 Å².